The van der Waals surface area contributed by atoms with Crippen molar-refractivity contribution in [2.75, 3.05) is 6.66 Å². The molecule has 0 aromatic rings. The number of hydrogen-bond acceptors (Lipinski definition) is 3. The summed E-state index contributed by atoms with van der Waals surface area (Å²) in [7, 11) is -1.81. The first kappa shape index (κ1) is 40.1. The largest absolute Gasteiger partial charge is 0.579 e. The maximum atomic E-state index is 11.6. The Bertz CT molecular complexity index is 1450. The van der Waals surface area contributed by atoms with Crippen molar-refractivity contribution in [2.24, 2.45) is 27.8 Å². The first-order valence-corrected chi connectivity index (χ1v) is 19.1. The standard InChI is InChI=1S/C43H63NO2P/c1-32(17-13-18-33(2)24-27-40-36(5)21-15-29-42(40,8)9)23-26-39(38(7)44-46-47(12)45)31-35(4)20-14-19-34(3)25-28-41-37(6)22-16-30-43(41,10)11/h13-14,17-20,23-28,31,36,39H,15-16,21-22,29-30H2,1-12H3/q+1/b18-13+,20-14+,26-23+,28-25+,32-17+,33-24+,34-19+,35-31+,40-27+,44-38+. The molecule has 0 amide bonds. The second-order valence-corrected chi connectivity index (χ2v) is 16.1. The van der Waals surface area contributed by atoms with Crippen LogP contribution in [0.1, 0.15) is 115 Å². The highest BCUT2D eigenvalue weighted by Crippen LogP contribution is 2.43. The van der Waals surface area contributed by atoms with Crippen molar-refractivity contribution in [2.45, 2.75) is 115 Å². The van der Waals surface area contributed by atoms with Crippen LogP contribution in [-0.2, 0) is 9.19 Å². The molecule has 1 fully saturated rings. The van der Waals surface area contributed by atoms with Gasteiger partial charge in [-0.3, -0.25) is 0 Å². The molecule has 2 rings (SSSR count). The maximum absolute atomic E-state index is 11.6. The third-order valence-corrected chi connectivity index (χ3v) is 9.87. The van der Waals surface area contributed by atoms with Crippen LogP contribution in [0, 0.1) is 22.7 Å². The van der Waals surface area contributed by atoms with E-state index in [2.05, 4.69) is 153 Å². The number of nitrogens with zero attached hydrogens (tertiary/aromatic N) is 1. The van der Waals surface area contributed by atoms with Crippen molar-refractivity contribution in [3.63, 3.8) is 0 Å². The highest BCUT2D eigenvalue weighted by Gasteiger charge is 2.30. The number of rotatable bonds is 13. The van der Waals surface area contributed by atoms with Crippen molar-refractivity contribution in [1.82, 2.24) is 0 Å². The van der Waals surface area contributed by atoms with Crippen molar-refractivity contribution in [3.8, 4) is 0 Å². The first-order chi connectivity index (χ1) is 22.0. The summed E-state index contributed by atoms with van der Waals surface area (Å²) >= 11 is 0. The molecule has 3 nitrogen and oxygen atoms in total. The molecule has 0 N–H and O–H groups in total. The van der Waals surface area contributed by atoms with Crippen molar-refractivity contribution >= 4 is 13.7 Å². The Morgan fingerprint density at radius 3 is 2.06 bits per heavy atom. The van der Waals surface area contributed by atoms with Crippen molar-refractivity contribution < 1.29 is 9.19 Å². The molecule has 0 radical (unpaired) electrons. The van der Waals surface area contributed by atoms with Gasteiger partial charge in [-0.25, -0.2) is 0 Å². The Morgan fingerprint density at radius 1 is 0.851 bits per heavy atom. The normalized spacial score (nSPS) is 24.0. The summed E-state index contributed by atoms with van der Waals surface area (Å²) in [4.78, 5) is 0. The monoisotopic (exact) mass is 656 g/mol. The van der Waals surface area contributed by atoms with Gasteiger partial charge in [-0.1, -0.05) is 153 Å². The van der Waals surface area contributed by atoms with Crippen LogP contribution in [0.5, 0.6) is 0 Å². The Kier molecular flexibility index (Phi) is 16.3. The fraction of sp³-hybridized carbons (Fsp3) is 0.512. The minimum Gasteiger partial charge on any atom is -0.137 e. The van der Waals surface area contributed by atoms with Gasteiger partial charge in [0.1, 0.15) is 0 Å². The summed E-state index contributed by atoms with van der Waals surface area (Å²) in [5, 5.41) is 4.15. The molecule has 0 aliphatic heterocycles. The predicted molar refractivity (Wildman–Crippen MR) is 208 cm³/mol. The highest BCUT2D eigenvalue weighted by molar-refractivity contribution is 7.38. The van der Waals surface area contributed by atoms with E-state index >= 15 is 0 Å². The summed E-state index contributed by atoms with van der Waals surface area (Å²) in [5.74, 6) is 0.559. The molecule has 2 aliphatic rings. The zero-order valence-electron chi connectivity index (χ0n) is 31.6. The van der Waals surface area contributed by atoms with Gasteiger partial charge in [0.05, 0.1) is 5.71 Å². The fourth-order valence-electron chi connectivity index (χ4n) is 6.62. The van der Waals surface area contributed by atoms with Gasteiger partial charge >= 0.3 is 8.03 Å². The van der Waals surface area contributed by atoms with E-state index in [1.807, 2.05) is 6.92 Å². The Labute approximate surface area is 289 Å². The Morgan fingerprint density at radius 2 is 1.45 bits per heavy atom. The molecular formula is C43H63NO2P+. The van der Waals surface area contributed by atoms with Crippen LogP contribution in [0.15, 0.2) is 123 Å². The number of allylic oxidation sites excluding steroid dienone is 20. The lowest BCUT2D eigenvalue weighted by atomic mass is 9.68. The molecule has 4 heteroatoms. The SMILES string of the molecule is CC1=C(/C=C/C(C)=C/C=C/C(C)=C/C(/C=C/C(C)=C/C=C/C(C)=C/C=C2\C(C)CCCC2(C)C)/C(C)=N/O[P+](C)=O)C(C)(C)CCC1. The molecule has 1 saturated carbocycles. The molecule has 0 aromatic heterocycles. The van der Waals surface area contributed by atoms with Gasteiger partial charge in [0, 0.05) is 5.92 Å². The van der Waals surface area contributed by atoms with Gasteiger partial charge in [-0.15, -0.1) is 4.62 Å². The minimum absolute atomic E-state index is 0.0931. The smallest absolute Gasteiger partial charge is 0.137 e. The number of oxime groups is 1. The Hall–Kier alpha value is -3.03. The summed E-state index contributed by atoms with van der Waals surface area (Å²) < 4.78 is 16.7. The minimum atomic E-state index is -1.81. The van der Waals surface area contributed by atoms with Crippen molar-refractivity contribution in [1.29, 1.82) is 0 Å². The zero-order valence-corrected chi connectivity index (χ0v) is 32.5. The van der Waals surface area contributed by atoms with E-state index in [-0.39, 0.29) is 16.7 Å². The lowest BCUT2D eigenvalue weighted by molar-refractivity contribution is 0.290. The van der Waals surface area contributed by atoms with Gasteiger partial charge < -0.3 is 0 Å². The molecule has 0 aromatic carbocycles. The average molecular weight is 657 g/mol. The third-order valence-electron chi connectivity index (χ3n) is 9.56. The quantitative estimate of drug-likeness (QED) is 0.0856. The van der Waals surface area contributed by atoms with Crippen LogP contribution in [-0.4, -0.2) is 12.4 Å². The van der Waals surface area contributed by atoms with Gasteiger partial charge in [0.25, 0.3) is 0 Å². The van der Waals surface area contributed by atoms with Crippen LogP contribution in [0.3, 0.4) is 0 Å². The first-order valence-electron chi connectivity index (χ1n) is 17.5. The van der Waals surface area contributed by atoms with Crippen LogP contribution < -0.4 is 0 Å². The fourth-order valence-corrected chi connectivity index (χ4v) is 6.86. The molecule has 3 atom stereocenters. The molecule has 0 spiro atoms. The molecule has 2 aliphatic carbocycles. The zero-order chi connectivity index (χ0) is 35.2. The summed E-state index contributed by atoms with van der Waals surface area (Å²) in [6, 6.07) is 0. The lowest BCUT2D eigenvalue weighted by Crippen LogP contribution is -2.24. The predicted octanol–water partition coefficient (Wildman–Crippen LogP) is 13.7. The second-order valence-electron chi connectivity index (χ2n) is 15.1. The van der Waals surface area contributed by atoms with E-state index in [0.717, 1.165) is 16.9 Å². The molecule has 3 unspecified atom stereocenters. The van der Waals surface area contributed by atoms with Gasteiger partial charge in [0.15, 0.2) is 6.66 Å². The van der Waals surface area contributed by atoms with E-state index in [4.69, 9.17) is 4.62 Å². The van der Waals surface area contributed by atoms with E-state index in [1.165, 1.54) is 67.5 Å². The second kappa shape index (κ2) is 19.1. The molecule has 0 bridgehead atoms. The van der Waals surface area contributed by atoms with Gasteiger partial charge in [0.2, 0.25) is 0 Å². The molecular weight excluding hydrogens is 593 g/mol. The maximum Gasteiger partial charge on any atom is 0.579 e. The van der Waals surface area contributed by atoms with Gasteiger partial charge in [-0.2, -0.15) is 0 Å². The van der Waals surface area contributed by atoms with E-state index in [1.54, 1.807) is 5.57 Å². The summed E-state index contributed by atoms with van der Waals surface area (Å²) in [6.45, 7) is 26.0. The number of hydrogen-bond donors (Lipinski definition) is 0. The molecule has 0 heterocycles. The molecule has 47 heavy (non-hydrogen) atoms. The van der Waals surface area contributed by atoms with Crippen LogP contribution in [0.25, 0.3) is 0 Å². The summed E-state index contributed by atoms with van der Waals surface area (Å²) in [6.07, 6.45) is 35.9. The molecule has 0 saturated heterocycles. The van der Waals surface area contributed by atoms with Crippen molar-refractivity contribution in [3.05, 3.63) is 118 Å². The van der Waals surface area contributed by atoms with E-state index in [0.29, 0.717) is 5.92 Å². The van der Waals surface area contributed by atoms with Crippen LogP contribution in [0.4, 0.5) is 0 Å². The summed E-state index contributed by atoms with van der Waals surface area (Å²) in [5.41, 5.74) is 10.5. The highest BCUT2D eigenvalue weighted by atomic mass is 31.1. The average Bonchev–Trinajstić information content (AvgIpc) is 2.96. The third kappa shape index (κ3) is 14.3. The van der Waals surface area contributed by atoms with E-state index < -0.39 is 8.03 Å². The lowest BCUT2D eigenvalue weighted by Gasteiger charge is -2.37. The van der Waals surface area contributed by atoms with Crippen LogP contribution >= 0.6 is 8.03 Å². The van der Waals surface area contributed by atoms with Crippen LogP contribution in [0.2, 0.25) is 0 Å². The topological polar surface area (TPSA) is 38.7 Å². The van der Waals surface area contributed by atoms with E-state index in [9.17, 15) is 4.57 Å². The Balaban J connectivity index is 2.17. The van der Waals surface area contributed by atoms with Gasteiger partial charge in [-0.05, 0) is 106 Å². The molecule has 256 valence electrons.